The Kier molecular flexibility index (Phi) is 5.51. The molecule has 0 unspecified atom stereocenters. The van der Waals surface area contributed by atoms with E-state index in [0.717, 1.165) is 0 Å². The molecule has 0 radical (unpaired) electrons. The van der Waals surface area contributed by atoms with Gasteiger partial charge in [0.05, 0.1) is 0 Å². The van der Waals surface area contributed by atoms with Gasteiger partial charge in [0, 0.05) is 5.57 Å². The van der Waals surface area contributed by atoms with Crippen LogP contribution in [0.15, 0.2) is 24.2 Å². The van der Waals surface area contributed by atoms with Crippen LogP contribution in [0.1, 0.15) is 13.8 Å². The van der Waals surface area contributed by atoms with Crippen molar-refractivity contribution in [3.8, 4) is 0 Å². The molecule has 0 saturated heterocycles. The fourth-order valence-electron chi connectivity index (χ4n) is 0.320. The topological polar surface area (TPSA) is 55.8 Å². The zero-order valence-electron chi connectivity index (χ0n) is 7.11. The second kappa shape index (κ2) is 6.27. The summed E-state index contributed by atoms with van der Waals surface area (Å²) in [6.07, 6.45) is 4.59. The lowest BCUT2D eigenvalue weighted by Gasteiger charge is -1.84. The van der Waals surface area contributed by atoms with Crippen LogP contribution in [-0.2, 0) is 14.3 Å². The highest BCUT2D eigenvalue weighted by atomic mass is 16.7. The number of carboxylic acid groups (broad SMARTS) is 1. The Morgan fingerprint density at radius 2 is 2.00 bits per heavy atom. The Balaban J connectivity index is 0.000000211. The summed E-state index contributed by atoms with van der Waals surface area (Å²) in [7, 11) is 0. The highest BCUT2D eigenvalue weighted by Gasteiger charge is 1.93. The molecule has 1 N–H and O–H groups in total. The maximum absolute atomic E-state index is 9.86. The van der Waals surface area contributed by atoms with Crippen LogP contribution in [0.2, 0.25) is 0 Å². The lowest BCUT2D eigenvalue weighted by molar-refractivity contribution is -0.132. The summed E-state index contributed by atoms with van der Waals surface area (Å²) in [5.41, 5.74) is 0.389. The molecule has 68 valence electrons. The Morgan fingerprint density at radius 1 is 1.50 bits per heavy atom. The molecule has 1 aliphatic heterocycles. The van der Waals surface area contributed by atoms with Crippen molar-refractivity contribution in [2.75, 3.05) is 6.79 Å². The minimum atomic E-state index is -0.845. The van der Waals surface area contributed by atoms with Crippen molar-refractivity contribution in [1.82, 2.24) is 0 Å². The molecule has 1 aliphatic rings. The fraction of sp³-hybridized carbons (Fsp3) is 0.375. The van der Waals surface area contributed by atoms with Crippen LogP contribution in [0.5, 0.6) is 0 Å². The monoisotopic (exact) mass is 172 g/mol. The first-order valence-corrected chi connectivity index (χ1v) is 3.43. The van der Waals surface area contributed by atoms with Crippen LogP contribution in [0.4, 0.5) is 0 Å². The molecule has 0 atom stereocenters. The average molecular weight is 172 g/mol. The molecule has 1 heterocycles. The molecule has 12 heavy (non-hydrogen) atoms. The van der Waals surface area contributed by atoms with E-state index in [0.29, 0.717) is 12.4 Å². The van der Waals surface area contributed by atoms with Gasteiger partial charge in [-0.2, -0.15) is 0 Å². The maximum atomic E-state index is 9.86. The van der Waals surface area contributed by atoms with Crippen LogP contribution in [0.3, 0.4) is 0 Å². The summed E-state index contributed by atoms with van der Waals surface area (Å²) in [5.74, 6) is -0.845. The Morgan fingerprint density at radius 3 is 2.08 bits per heavy atom. The van der Waals surface area contributed by atoms with Crippen molar-refractivity contribution in [1.29, 1.82) is 0 Å². The van der Waals surface area contributed by atoms with Gasteiger partial charge in [-0.05, 0) is 13.8 Å². The first kappa shape index (κ1) is 10.6. The molecule has 0 spiro atoms. The number of hydrogen-bond acceptors (Lipinski definition) is 3. The van der Waals surface area contributed by atoms with Gasteiger partial charge >= 0.3 is 5.97 Å². The van der Waals surface area contributed by atoms with E-state index < -0.39 is 5.97 Å². The van der Waals surface area contributed by atoms with Gasteiger partial charge in [0.1, 0.15) is 12.5 Å². The van der Waals surface area contributed by atoms with Gasteiger partial charge in [-0.25, -0.2) is 4.79 Å². The average Bonchev–Trinajstić information content (AvgIpc) is 2.59. The van der Waals surface area contributed by atoms with E-state index >= 15 is 0 Å². The van der Waals surface area contributed by atoms with E-state index in [1.54, 1.807) is 19.9 Å². The zero-order chi connectivity index (χ0) is 9.40. The van der Waals surface area contributed by atoms with E-state index in [-0.39, 0.29) is 0 Å². The lowest BCUT2D eigenvalue weighted by atomic mass is 10.3. The second-order valence-corrected chi connectivity index (χ2v) is 2.00. The zero-order valence-corrected chi connectivity index (χ0v) is 7.11. The van der Waals surface area contributed by atoms with Gasteiger partial charge in [0.2, 0.25) is 6.79 Å². The van der Waals surface area contributed by atoms with Crippen LogP contribution in [0.25, 0.3) is 0 Å². The highest BCUT2D eigenvalue weighted by Crippen LogP contribution is 1.88. The number of carboxylic acids is 1. The Bertz CT molecular complexity index is 187. The van der Waals surface area contributed by atoms with Gasteiger partial charge in [0.15, 0.2) is 0 Å². The summed E-state index contributed by atoms with van der Waals surface area (Å²) in [6.45, 7) is 3.64. The van der Waals surface area contributed by atoms with Gasteiger partial charge in [-0.3, -0.25) is 0 Å². The molecule has 0 bridgehead atoms. The summed E-state index contributed by atoms with van der Waals surface area (Å²) in [6, 6.07) is 0. The molecule has 4 heteroatoms. The molecule has 0 amide bonds. The standard InChI is InChI=1S/C5H8O2.C3H4O2/c1-3-4(2)5(6)7;1-2-5-3-4-1/h3H,1-2H3,(H,6,7);1-2H,3H2/b4-3+;. The molecule has 4 nitrogen and oxygen atoms in total. The fourth-order valence-corrected chi connectivity index (χ4v) is 0.320. The Labute approximate surface area is 71.1 Å². The predicted molar refractivity (Wildman–Crippen MR) is 43.2 cm³/mol. The molecular formula is C8H12O4. The number of ether oxygens (including phenoxy) is 2. The third-order valence-corrected chi connectivity index (χ3v) is 1.15. The van der Waals surface area contributed by atoms with Gasteiger partial charge < -0.3 is 14.6 Å². The Hall–Kier alpha value is -1.45. The van der Waals surface area contributed by atoms with Crippen LogP contribution in [-0.4, -0.2) is 17.9 Å². The largest absolute Gasteiger partial charge is 0.478 e. The van der Waals surface area contributed by atoms with Crippen LogP contribution < -0.4 is 0 Å². The summed E-state index contributed by atoms with van der Waals surface area (Å²) >= 11 is 0. The van der Waals surface area contributed by atoms with Crippen molar-refractivity contribution in [2.24, 2.45) is 0 Å². The minimum Gasteiger partial charge on any atom is -0.478 e. The summed E-state index contributed by atoms with van der Waals surface area (Å²) in [5, 5.41) is 8.11. The van der Waals surface area contributed by atoms with E-state index in [9.17, 15) is 4.79 Å². The smallest absolute Gasteiger partial charge is 0.330 e. The molecule has 0 aromatic carbocycles. The van der Waals surface area contributed by atoms with Crippen molar-refractivity contribution < 1.29 is 19.4 Å². The molecule has 0 aromatic heterocycles. The van der Waals surface area contributed by atoms with Crippen LogP contribution in [0, 0.1) is 0 Å². The minimum absolute atomic E-state index is 0.389. The molecule has 0 fully saturated rings. The number of carbonyl (C=O) groups is 1. The third-order valence-electron chi connectivity index (χ3n) is 1.15. The maximum Gasteiger partial charge on any atom is 0.330 e. The summed E-state index contributed by atoms with van der Waals surface area (Å²) < 4.78 is 9.08. The third kappa shape index (κ3) is 5.34. The van der Waals surface area contributed by atoms with E-state index in [1.807, 2.05) is 0 Å². The van der Waals surface area contributed by atoms with Gasteiger partial charge in [-0.15, -0.1) is 0 Å². The number of aliphatic carboxylic acids is 1. The van der Waals surface area contributed by atoms with Crippen LogP contribution >= 0.6 is 0 Å². The van der Waals surface area contributed by atoms with Crippen molar-refractivity contribution >= 4 is 5.97 Å². The summed E-state index contributed by atoms with van der Waals surface area (Å²) in [4.78, 5) is 9.86. The normalized spacial score (nSPS) is 14.0. The molecule has 0 aliphatic carbocycles. The SMILES string of the molecule is C/C=C(\C)C(=O)O.C1=COCO1. The molecule has 1 rings (SSSR count). The highest BCUT2D eigenvalue weighted by molar-refractivity contribution is 5.85. The second-order valence-electron chi connectivity index (χ2n) is 2.00. The number of rotatable bonds is 1. The van der Waals surface area contributed by atoms with E-state index in [4.69, 9.17) is 5.11 Å². The molecule has 0 aromatic rings. The van der Waals surface area contributed by atoms with Gasteiger partial charge in [-0.1, -0.05) is 6.08 Å². The van der Waals surface area contributed by atoms with E-state index in [1.165, 1.54) is 12.5 Å². The van der Waals surface area contributed by atoms with Crippen molar-refractivity contribution in [3.05, 3.63) is 24.2 Å². The first-order valence-electron chi connectivity index (χ1n) is 3.43. The first-order chi connectivity index (χ1) is 5.68. The van der Waals surface area contributed by atoms with Crippen molar-refractivity contribution in [3.63, 3.8) is 0 Å². The lowest BCUT2D eigenvalue weighted by Crippen LogP contribution is -1.93. The predicted octanol–water partition coefficient (Wildman–Crippen LogP) is 1.50. The van der Waals surface area contributed by atoms with Crippen molar-refractivity contribution in [2.45, 2.75) is 13.8 Å². The quantitative estimate of drug-likeness (QED) is 0.609. The molecular weight excluding hydrogens is 160 g/mol. The van der Waals surface area contributed by atoms with E-state index in [2.05, 4.69) is 9.47 Å². The number of hydrogen-bond donors (Lipinski definition) is 1. The molecule has 0 saturated carbocycles. The number of allylic oxidation sites excluding steroid dienone is 1. The van der Waals surface area contributed by atoms with Gasteiger partial charge in [0.25, 0.3) is 0 Å².